The number of nitrogens with zero attached hydrogens (tertiary/aromatic N) is 2. The number of hydrogen-bond acceptors (Lipinski definition) is 4. The molecule has 1 aliphatic rings. The summed E-state index contributed by atoms with van der Waals surface area (Å²) in [6, 6.07) is 7.13. The maximum absolute atomic E-state index is 11.3. The lowest BCUT2D eigenvalue weighted by molar-refractivity contribution is 0.564. The van der Waals surface area contributed by atoms with Gasteiger partial charge in [0.05, 0.1) is 10.0 Å². The highest BCUT2D eigenvalue weighted by Gasteiger charge is 2.16. The van der Waals surface area contributed by atoms with Gasteiger partial charge in [-0.2, -0.15) is 0 Å². The number of pyridine rings is 1. The Morgan fingerprint density at radius 2 is 1.78 bits per heavy atom. The summed E-state index contributed by atoms with van der Waals surface area (Å²) < 4.78 is 20.5. The largest absolute Gasteiger partial charge is 0.354 e. The van der Waals surface area contributed by atoms with E-state index in [0.717, 1.165) is 43.1 Å². The molecule has 2 aromatic rings. The number of piperazine rings is 1. The quantitative estimate of drug-likeness (QED) is 0.811. The van der Waals surface area contributed by atoms with Gasteiger partial charge in [-0.3, -0.25) is 0 Å². The zero-order chi connectivity index (χ0) is 16.4. The van der Waals surface area contributed by atoms with Crippen LogP contribution in [-0.4, -0.2) is 39.9 Å². The molecule has 0 amide bonds. The minimum absolute atomic E-state index is 0.0356. The fourth-order valence-electron chi connectivity index (χ4n) is 2.56. The SMILES string of the molecule is O=S(O)c1c(Cl)cc(-c2ccnc(N3CCNCC3)c2)cc1Cl. The van der Waals surface area contributed by atoms with Crippen LogP contribution < -0.4 is 10.2 Å². The van der Waals surface area contributed by atoms with Crippen LogP contribution in [0, 0.1) is 0 Å². The third-order valence-electron chi connectivity index (χ3n) is 3.69. The van der Waals surface area contributed by atoms with E-state index in [2.05, 4.69) is 15.2 Å². The number of anilines is 1. The van der Waals surface area contributed by atoms with Gasteiger partial charge in [-0.25, -0.2) is 9.19 Å². The number of rotatable bonds is 3. The van der Waals surface area contributed by atoms with E-state index in [1.165, 1.54) is 0 Å². The number of nitrogens with one attached hydrogen (secondary N) is 1. The monoisotopic (exact) mass is 371 g/mol. The highest BCUT2D eigenvalue weighted by Crippen LogP contribution is 2.34. The molecule has 0 radical (unpaired) electrons. The summed E-state index contributed by atoms with van der Waals surface area (Å²) in [5, 5.41) is 3.66. The molecule has 2 N–H and O–H groups in total. The van der Waals surface area contributed by atoms with Gasteiger partial charge in [-0.15, -0.1) is 0 Å². The molecule has 1 saturated heterocycles. The van der Waals surface area contributed by atoms with Gasteiger partial charge in [-0.05, 0) is 35.4 Å². The second-order valence-corrected chi connectivity index (χ2v) is 6.88. The molecule has 0 bridgehead atoms. The van der Waals surface area contributed by atoms with Crippen molar-refractivity contribution in [3.63, 3.8) is 0 Å². The van der Waals surface area contributed by atoms with Gasteiger partial charge in [0, 0.05) is 32.4 Å². The zero-order valence-corrected chi connectivity index (χ0v) is 14.5. The lowest BCUT2D eigenvalue weighted by Crippen LogP contribution is -2.43. The Kier molecular flexibility index (Phi) is 5.18. The summed E-state index contributed by atoms with van der Waals surface area (Å²) in [5.41, 5.74) is 1.69. The van der Waals surface area contributed by atoms with Crippen molar-refractivity contribution in [3.05, 3.63) is 40.5 Å². The van der Waals surface area contributed by atoms with Crippen molar-refractivity contribution in [2.45, 2.75) is 4.90 Å². The van der Waals surface area contributed by atoms with E-state index in [4.69, 9.17) is 23.2 Å². The van der Waals surface area contributed by atoms with Gasteiger partial charge in [0.2, 0.25) is 0 Å². The summed E-state index contributed by atoms with van der Waals surface area (Å²) in [7, 11) is 0. The Morgan fingerprint density at radius 1 is 1.13 bits per heavy atom. The molecule has 1 aliphatic heterocycles. The maximum Gasteiger partial charge on any atom is 0.189 e. The lowest BCUT2D eigenvalue weighted by Gasteiger charge is -2.28. The van der Waals surface area contributed by atoms with Gasteiger partial charge in [-0.1, -0.05) is 23.2 Å². The first-order valence-electron chi connectivity index (χ1n) is 7.08. The molecule has 23 heavy (non-hydrogen) atoms. The Bertz CT molecular complexity index is 728. The Balaban J connectivity index is 1.97. The number of halogens is 2. The highest BCUT2D eigenvalue weighted by molar-refractivity contribution is 7.79. The van der Waals surface area contributed by atoms with Crippen molar-refractivity contribution in [2.75, 3.05) is 31.1 Å². The van der Waals surface area contributed by atoms with Crippen molar-refractivity contribution in [1.29, 1.82) is 0 Å². The molecule has 0 saturated carbocycles. The van der Waals surface area contributed by atoms with Gasteiger partial charge in [0.15, 0.2) is 11.1 Å². The van der Waals surface area contributed by atoms with Gasteiger partial charge < -0.3 is 14.8 Å². The molecular weight excluding hydrogens is 357 g/mol. The molecule has 1 aromatic heterocycles. The normalized spacial score (nSPS) is 16.4. The molecule has 3 rings (SSSR count). The molecule has 1 aromatic carbocycles. The smallest absolute Gasteiger partial charge is 0.189 e. The molecule has 2 heterocycles. The third-order valence-corrected chi connectivity index (χ3v) is 5.30. The number of aromatic nitrogens is 1. The van der Waals surface area contributed by atoms with E-state index in [1.54, 1.807) is 18.3 Å². The first-order chi connectivity index (χ1) is 11.1. The Hall–Kier alpha value is -1.18. The predicted octanol–water partition coefficient (Wildman–Crippen LogP) is 3.05. The minimum atomic E-state index is -2.22. The van der Waals surface area contributed by atoms with Crippen molar-refractivity contribution >= 4 is 40.1 Å². The molecular formula is C15H15Cl2N3O2S. The Morgan fingerprint density at radius 3 is 2.39 bits per heavy atom. The fraction of sp³-hybridized carbons (Fsp3) is 0.267. The topological polar surface area (TPSA) is 65.5 Å². The van der Waals surface area contributed by atoms with Gasteiger partial charge in [0.25, 0.3) is 0 Å². The van der Waals surface area contributed by atoms with E-state index < -0.39 is 11.1 Å². The molecule has 122 valence electrons. The summed E-state index contributed by atoms with van der Waals surface area (Å²) in [4.78, 5) is 6.67. The lowest BCUT2D eigenvalue weighted by atomic mass is 10.1. The van der Waals surface area contributed by atoms with Crippen LogP contribution in [0.5, 0.6) is 0 Å². The number of hydrogen-bond donors (Lipinski definition) is 2. The van der Waals surface area contributed by atoms with E-state index in [-0.39, 0.29) is 14.9 Å². The third kappa shape index (κ3) is 3.67. The van der Waals surface area contributed by atoms with Gasteiger partial charge >= 0.3 is 0 Å². The molecule has 5 nitrogen and oxygen atoms in total. The molecule has 1 atom stereocenters. The van der Waals surface area contributed by atoms with E-state index in [0.29, 0.717) is 0 Å². The molecule has 0 aliphatic carbocycles. The summed E-state index contributed by atoms with van der Waals surface area (Å²) in [6.45, 7) is 3.67. The average Bonchev–Trinajstić information content (AvgIpc) is 2.55. The Labute approximate surface area is 146 Å². The van der Waals surface area contributed by atoms with Crippen LogP contribution in [-0.2, 0) is 11.1 Å². The predicted molar refractivity (Wildman–Crippen MR) is 93.8 cm³/mol. The van der Waals surface area contributed by atoms with Crippen LogP contribution in [0.2, 0.25) is 10.0 Å². The van der Waals surface area contributed by atoms with E-state index in [1.807, 2.05) is 12.1 Å². The van der Waals surface area contributed by atoms with Crippen molar-refractivity contribution < 1.29 is 8.76 Å². The molecule has 8 heteroatoms. The molecule has 1 fully saturated rings. The fourth-order valence-corrected chi connectivity index (χ4v) is 3.89. The standard InChI is InChI=1S/C15H15Cl2N3O2S/c16-12-7-11(8-13(17)15(12)23(21)22)10-1-2-19-14(9-10)20-5-3-18-4-6-20/h1-2,7-9,18H,3-6H2,(H,21,22). The zero-order valence-electron chi connectivity index (χ0n) is 12.1. The highest BCUT2D eigenvalue weighted by atomic mass is 35.5. The second-order valence-electron chi connectivity index (χ2n) is 5.16. The van der Waals surface area contributed by atoms with Crippen LogP contribution in [0.1, 0.15) is 0 Å². The van der Waals surface area contributed by atoms with Gasteiger partial charge in [0.1, 0.15) is 10.7 Å². The van der Waals surface area contributed by atoms with E-state index in [9.17, 15) is 8.76 Å². The summed E-state index contributed by atoms with van der Waals surface area (Å²) in [6.07, 6.45) is 1.74. The number of benzene rings is 1. The minimum Gasteiger partial charge on any atom is -0.354 e. The molecule has 1 unspecified atom stereocenters. The van der Waals surface area contributed by atoms with Crippen molar-refractivity contribution in [2.24, 2.45) is 0 Å². The summed E-state index contributed by atoms with van der Waals surface area (Å²) in [5.74, 6) is 0.894. The first kappa shape index (κ1) is 16.7. The summed E-state index contributed by atoms with van der Waals surface area (Å²) >= 11 is 9.98. The van der Waals surface area contributed by atoms with Crippen LogP contribution in [0.4, 0.5) is 5.82 Å². The van der Waals surface area contributed by atoms with E-state index >= 15 is 0 Å². The molecule has 0 spiro atoms. The average molecular weight is 372 g/mol. The second kappa shape index (κ2) is 7.15. The van der Waals surface area contributed by atoms with Crippen LogP contribution in [0.3, 0.4) is 0 Å². The van der Waals surface area contributed by atoms with Crippen LogP contribution in [0.15, 0.2) is 35.4 Å². The van der Waals surface area contributed by atoms with Crippen LogP contribution >= 0.6 is 23.2 Å². The van der Waals surface area contributed by atoms with Crippen molar-refractivity contribution in [3.8, 4) is 11.1 Å². The van der Waals surface area contributed by atoms with Crippen LogP contribution in [0.25, 0.3) is 11.1 Å². The first-order valence-corrected chi connectivity index (χ1v) is 8.94. The maximum atomic E-state index is 11.3. The van der Waals surface area contributed by atoms with Crippen molar-refractivity contribution in [1.82, 2.24) is 10.3 Å².